The summed E-state index contributed by atoms with van der Waals surface area (Å²) in [6, 6.07) is 10.2. The van der Waals surface area contributed by atoms with Crippen molar-refractivity contribution in [2.24, 2.45) is 5.92 Å². The van der Waals surface area contributed by atoms with Crippen LogP contribution in [0.3, 0.4) is 0 Å². The van der Waals surface area contributed by atoms with Crippen LogP contribution in [-0.2, 0) is 17.6 Å². The highest BCUT2D eigenvalue weighted by atomic mass is 32.1. The highest BCUT2D eigenvalue weighted by Crippen LogP contribution is 2.40. The predicted octanol–water partition coefficient (Wildman–Crippen LogP) is 5.95. The van der Waals surface area contributed by atoms with E-state index < -0.39 is 18.3 Å². The van der Waals surface area contributed by atoms with Gasteiger partial charge in [0.2, 0.25) is 0 Å². The van der Waals surface area contributed by atoms with Crippen molar-refractivity contribution in [1.29, 1.82) is 0 Å². The van der Waals surface area contributed by atoms with Gasteiger partial charge in [-0.1, -0.05) is 37.3 Å². The van der Waals surface area contributed by atoms with Crippen LogP contribution in [-0.4, -0.2) is 33.1 Å². The molecule has 0 saturated carbocycles. The first-order valence-electron chi connectivity index (χ1n) is 11.7. The minimum absolute atomic E-state index is 0.0109. The molecular weight excluding hydrogens is 486 g/mol. The lowest BCUT2D eigenvalue weighted by Crippen LogP contribution is -2.17. The largest absolute Gasteiger partial charge is 0.462 e. The number of aromatic nitrogens is 3. The normalized spacial score (nSPS) is 15.2. The number of anilines is 1. The topological polar surface area (TPSA) is 85.6 Å². The Bertz CT molecular complexity index is 1450. The lowest BCUT2D eigenvalue weighted by atomic mass is 9.88. The molecule has 7 nitrogen and oxygen atoms in total. The van der Waals surface area contributed by atoms with E-state index in [1.165, 1.54) is 23.6 Å². The third-order valence-corrected chi connectivity index (χ3v) is 7.43. The summed E-state index contributed by atoms with van der Waals surface area (Å²) in [6.45, 7) is 4.09. The van der Waals surface area contributed by atoms with E-state index in [4.69, 9.17) is 4.74 Å². The Labute approximate surface area is 210 Å². The van der Waals surface area contributed by atoms with E-state index in [1.807, 2.05) is 6.07 Å². The maximum Gasteiger partial charge on any atom is 0.341 e. The van der Waals surface area contributed by atoms with Crippen LogP contribution >= 0.6 is 11.3 Å². The maximum absolute atomic E-state index is 13.9. The first-order chi connectivity index (χ1) is 17.4. The fraction of sp³-hybridized carbons (Fsp3) is 0.308. The highest BCUT2D eigenvalue weighted by molar-refractivity contribution is 7.17. The van der Waals surface area contributed by atoms with Crippen LogP contribution in [0.15, 0.2) is 42.6 Å². The van der Waals surface area contributed by atoms with Crippen LogP contribution in [0, 0.1) is 5.92 Å². The quantitative estimate of drug-likeness (QED) is 0.324. The van der Waals surface area contributed by atoms with E-state index in [9.17, 15) is 18.4 Å². The summed E-state index contributed by atoms with van der Waals surface area (Å²) in [6.07, 6.45) is 0.889. The molecule has 3 heterocycles. The van der Waals surface area contributed by atoms with Gasteiger partial charge in [-0.15, -0.1) is 11.3 Å². The van der Waals surface area contributed by atoms with Gasteiger partial charge in [-0.25, -0.2) is 23.1 Å². The van der Waals surface area contributed by atoms with E-state index in [1.54, 1.807) is 31.2 Å². The van der Waals surface area contributed by atoms with Gasteiger partial charge in [-0.3, -0.25) is 4.79 Å². The number of hydrogen-bond acceptors (Lipinski definition) is 6. The molecule has 186 valence electrons. The van der Waals surface area contributed by atoms with Gasteiger partial charge in [0.1, 0.15) is 16.3 Å². The second-order valence-corrected chi connectivity index (χ2v) is 9.86. The van der Waals surface area contributed by atoms with Gasteiger partial charge in [-0.2, -0.15) is 5.10 Å². The molecule has 1 unspecified atom stereocenters. The Balaban J connectivity index is 1.57. The van der Waals surface area contributed by atoms with Gasteiger partial charge < -0.3 is 10.1 Å². The minimum Gasteiger partial charge on any atom is -0.462 e. The number of ether oxygens (including phenoxy) is 1. The SMILES string of the molecule is CCOC(=O)c1c(NC(=O)c2cnn3c(C(F)F)cc(-c4ccccc4)nc23)sc2c1CCC(C)C2. The number of benzene rings is 1. The Morgan fingerprint density at radius 3 is 2.78 bits per heavy atom. The van der Waals surface area contributed by atoms with Gasteiger partial charge in [0.05, 0.1) is 24.1 Å². The molecule has 1 aromatic carbocycles. The molecule has 0 aliphatic heterocycles. The van der Waals surface area contributed by atoms with Crippen LogP contribution in [0.1, 0.15) is 63.5 Å². The van der Waals surface area contributed by atoms with Crippen molar-refractivity contribution in [3.63, 3.8) is 0 Å². The van der Waals surface area contributed by atoms with E-state index >= 15 is 0 Å². The van der Waals surface area contributed by atoms with Crippen molar-refractivity contribution in [1.82, 2.24) is 14.6 Å². The summed E-state index contributed by atoms with van der Waals surface area (Å²) in [5.41, 5.74) is 1.91. The molecule has 36 heavy (non-hydrogen) atoms. The maximum atomic E-state index is 13.9. The monoisotopic (exact) mass is 510 g/mol. The number of nitrogens with zero attached hydrogens (tertiary/aromatic N) is 3. The first kappa shape index (κ1) is 24.1. The molecule has 0 radical (unpaired) electrons. The lowest BCUT2D eigenvalue weighted by Gasteiger charge is -2.18. The number of amides is 1. The molecule has 1 aliphatic carbocycles. The predicted molar refractivity (Wildman–Crippen MR) is 133 cm³/mol. The number of hydrogen-bond donors (Lipinski definition) is 1. The summed E-state index contributed by atoms with van der Waals surface area (Å²) in [7, 11) is 0. The summed E-state index contributed by atoms with van der Waals surface area (Å²) >= 11 is 1.36. The number of carbonyl (C=O) groups excluding carboxylic acids is 2. The third-order valence-electron chi connectivity index (χ3n) is 6.26. The highest BCUT2D eigenvalue weighted by Gasteiger charge is 2.30. The van der Waals surface area contributed by atoms with E-state index in [-0.39, 0.29) is 23.5 Å². The zero-order valence-electron chi connectivity index (χ0n) is 19.8. The van der Waals surface area contributed by atoms with Crippen LogP contribution in [0.25, 0.3) is 16.9 Å². The summed E-state index contributed by atoms with van der Waals surface area (Å²) in [5.74, 6) is -0.591. The summed E-state index contributed by atoms with van der Waals surface area (Å²) in [4.78, 5) is 31.7. The van der Waals surface area contributed by atoms with Crippen molar-refractivity contribution in [3.05, 3.63) is 69.9 Å². The van der Waals surface area contributed by atoms with Crippen molar-refractivity contribution in [2.75, 3.05) is 11.9 Å². The standard InChI is InChI=1S/C26H24F2N4O3S/c1-3-35-26(34)21-16-10-9-14(2)11-20(16)36-25(21)31-24(33)17-13-29-32-19(22(27)28)12-18(30-23(17)32)15-7-5-4-6-8-15/h4-8,12-14,22H,3,9-11H2,1-2H3,(H,31,33). The molecular formula is C26H24F2N4O3S. The van der Waals surface area contributed by atoms with Gasteiger partial charge in [0.25, 0.3) is 12.3 Å². The molecule has 1 N–H and O–H groups in total. The number of fused-ring (bicyclic) bond motifs is 2. The molecule has 1 aliphatic rings. The fourth-order valence-electron chi connectivity index (χ4n) is 4.49. The van der Waals surface area contributed by atoms with Crippen molar-refractivity contribution >= 4 is 33.9 Å². The van der Waals surface area contributed by atoms with Crippen LogP contribution in [0.2, 0.25) is 0 Å². The van der Waals surface area contributed by atoms with E-state index in [2.05, 4.69) is 22.3 Å². The zero-order chi connectivity index (χ0) is 25.4. The van der Waals surface area contributed by atoms with Gasteiger partial charge in [0.15, 0.2) is 5.65 Å². The number of alkyl halides is 2. The molecule has 1 amide bonds. The van der Waals surface area contributed by atoms with Crippen LogP contribution < -0.4 is 5.32 Å². The number of nitrogens with one attached hydrogen (secondary N) is 1. The number of halogens is 2. The van der Waals surface area contributed by atoms with E-state index in [0.29, 0.717) is 27.7 Å². The number of rotatable bonds is 6. The van der Waals surface area contributed by atoms with Gasteiger partial charge >= 0.3 is 5.97 Å². The van der Waals surface area contributed by atoms with E-state index in [0.717, 1.165) is 34.2 Å². The lowest BCUT2D eigenvalue weighted by molar-refractivity contribution is 0.0526. The third kappa shape index (κ3) is 4.37. The molecule has 10 heteroatoms. The Kier molecular flexibility index (Phi) is 6.53. The Morgan fingerprint density at radius 1 is 1.28 bits per heavy atom. The summed E-state index contributed by atoms with van der Waals surface area (Å²) < 4.78 is 34.0. The smallest absolute Gasteiger partial charge is 0.341 e. The Hall–Kier alpha value is -3.66. The number of esters is 1. The molecule has 0 bridgehead atoms. The fourth-order valence-corrected chi connectivity index (χ4v) is 5.88. The average Bonchev–Trinajstić information content (AvgIpc) is 3.44. The molecule has 0 spiro atoms. The van der Waals surface area contributed by atoms with Gasteiger partial charge in [0, 0.05) is 10.4 Å². The molecule has 0 fully saturated rings. The molecule has 3 aromatic heterocycles. The van der Waals surface area contributed by atoms with Crippen LogP contribution in [0.4, 0.5) is 13.8 Å². The average molecular weight is 511 g/mol. The number of thiophene rings is 1. The van der Waals surface area contributed by atoms with Crippen molar-refractivity contribution in [3.8, 4) is 11.3 Å². The molecule has 0 saturated heterocycles. The molecule has 4 aromatic rings. The van der Waals surface area contributed by atoms with Gasteiger partial charge in [-0.05, 0) is 43.7 Å². The second kappa shape index (κ2) is 9.77. The molecule has 1 atom stereocenters. The second-order valence-electron chi connectivity index (χ2n) is 8.76. The molecule has 5 rings (SSSR count). The first-order valence-corrected chi connectivity index (χ1v) is 12.5. The summed E-state index contributed by atoms with van der Waals surface area (Å²) in [5, 5.41) is 7.24. The minimum atomic E-state index is -2.82. The zero-order valence-corrected chi connectivity index (χ0v) is 20.6. The van der Waals surface area contributed by atoms with Crippen molar-refractivity contribution < 1.29 is 23.1 Å². The van der Waals surface area contributed by atoms with Crippen LogP contribution in [0.5, 0.6) is 0 Å². The van der Waals surface area contributed by atoms with Crippen molar-refractivity contribution in [2.45, 2.75) is 39.5 Å². The Morgan fingerprint density at radius 2 is 2.06 bits per heavy atom. The number of carbonyl (C=O) groups is 2.